The lowest BCUT2D eigenvalue weighted by atomic mass is 9.85. The van der Waals surface area contributed by atoms with Crippen LogP contribution in [0.1, 0.15) is 46.0 Å². The Balaban J connectivity index is 1.88. The first-order valence-electron chi connectivity index (χ1n) is 7.03. The molecule has 1 unspecified atom stereocenters. The molecule has 2 nitrogen and oxygen atoms in total. The second kappa shape index (κ2) is 5.50. The topological polar surface area (TPSA) is 29.3 Å². The van der Waals surface area contributed by atoms with Gasteiger partial charge in [0.25, 0.3) is 0 Å². The lowest BCUT2D eigenvalue weighted by Gasteiger charge is -2.44. The molecule has 1 aliphatic carbocycles. The Morgan fingerprint density at radius 3 is 2.35 bits per heavy atom. The highest BCUT2D eigenvalue weighted by molar-refractivity contribution is 7.99. The van der Waals surface area contributed by atoms with Crippen molar-refractivity contribution in [3.63, 3.8) is 0 Å². The van der Waals surface area contributed by atoms with Crippen LogP contribution in [0.5, 0.6) is 0 Å². The van der Waals surface area contributed by atoms with Gasteiger partial charge in [-0.15, -0.1) is 0 Å². The molecule has 0 spiro atoms. The highest BCUT2D eigenvalue weighted by atomic mass is 32.2. The van der Waals surface area contributed by atoms with Gasteiger partial charge in [-0.1, -0.05) is 13.8 Å². The summed E-state index contributed by atoms with van der Waals surface area (Å²) in [4.78, 5) is 2.67. The predicted octanol–water partition coefficient (Wildman–Crippen LogP) is 2.72. The van der Waals surface area contributed by atoms with Crippen LogP contribution < -0.4 is 5.73 Å². The third-order valence-corrected chi connectivity index (χ3v) is 6.09. The van der Waals surface area contributed by atoms with E-state index in [2.05, 4.69) is 37.6 Å². The number of nitrogens with two attached hydrogens (primary N) is 1. The smallest absolute Gasteiger partial charge is 0.0191 e. The van der Waals surface area contributed by atoms with Gasteiger partial charge in [-0.25, -0.2) is 0 Å². The van der Waals surface area contributed by atoms with Crippen LogP contribution in [0.3, 0.4) is 0 Å². The van der Waals surface area contributed by atoms with Gasteiger partial charge in [-0.3, -0.25) is 4.90 Å². The summed E-state index contributed by atoms with van der Waals surface area (Å²) in [6, 6.07) is 2.04. The maximum atomic E-state index is 6.00. The molecule has 17 heavy (non-hydrogen) atoms. The molecular formula is C14H28N2S. The van der Waals surface area contributed by atoms with E-state index in [0.717, 1.165) is 12.1 Å². The summed E-state index contributed by atoms with van der Waals surface area (Å²) in [6.07, 6.45) is 6.41. The fraction of sp³-hybridized carbons (Fsp3) is 1.00. The Hall–Kier alpha value is 0.270. The fourth-order valence-corrected chi connectivity index (χ4v) is 4.71. The largest absolute Gasteiger partial charge is 0.328 e. The highest BCUT2D eigenvalue weighted by Gasteiger charge is 2.33. The Bertz CT molecular complexity index is 247. The molecule has 1 heterocycles. The van der Waals surface area contributed by atoms with Gasteiger partial charge >= 0.3 is 0 Å². The van der Waals surface area contributed by atoms with Crippen molar-refractivity contribution < 1.29 is 0 Å². The quantitative estimate of drug-likeness (QED) is 0.824. The van der Waals surface area contributed by atoms with Gasteiger partial charge in [0.1, 0.15) is 0 Å². The van der Waals surface area contributed by atoms with Crippen molar-refractivity contribution in [1.82, 2.24) is 4.90 Å². The fourth-order valence-electron chi connectivity index (χ4n) is 3.30. The molecule has 1 saturated heterocycles. The van der Waals surface area contributed by atoms with Crippen LogP contribution in [0.25, 0.3) is 0 Å². The minimum atomic E-state index is 0.469. The van der Waals surface area contributed by atoms with E-state index in [1.165, 1.54) is 43.6 Å². The Morgan fingerprint density at radius 2 is 1.76 bits per heavy atom. The molecule has 1 aliphatic heterocycles. The standard InChI is InChI=1S/C14H28N2S/c1-14(2)8-13(9-17-10-14)16(3)12-6-4-11(15)5-7-12/h11-13H,4-10,15H2,1-3H3. The normalized spacial score (nSPS) is 38.3. The van der Waals surface area contributed by atoms with Gasteiger partial charge in [-0.05, 0) is 50.3 Å². The van der Waals surface area contributed by atoms with E-state index in [0.29, 0.717) is 11.5 Å². The monoisotopic (exact) mass is 256 g/mol. The number of nitrogens with zero attached hydrogens (tertiary/aromatic N) is 1. The van der Waals surface area contributed by atoms with Crippen LogP contribution in [-0.2, 0) is 0 Å². The molecule has 0 aromatic heterocycles. The maximum absolute atomic E-state index is 6.00. The van der Waals surface area contributed by atoms with Crippen molar-refractivity contribution in [3.8, 4) is 0 Å². The van der Waals surface area contributed by atoms with Crippen molar-refractivity contribution in [2.45, 2.75) is 64.1 Å². The molecule has 2 N–H and O–H groups in total. The van der Waals surface area contributed by atoms with Gasteiger partial charge in [0.05, 0.1) is 0 Å². The van der Waals surface area contributed by atoms with Gasteiger partial charge in [0, 0.05) is 23.9 Å². The first-order chi connectivity index (χ1) is 7.98. The summed E-state index contributed by atoms with van der Waals surface area (Å²) in [5.74, 6) is 2.65. The first-order valence-corrected chi connectivity index (χ1v) is 8.19. The molecule has 0 radical (unpaired) electrons. The summed E-state index contributed by atoms with van der Waals surface area (Å²) < 4.78 is 0. The number of hydrogen-bond donors (Lipinski definition) is 1. The summed E-state index contributed by atoms with van der Waals surface area (Å²) in [6.45, 7) is 4.83. The molecule has 0 aromatic carbocycles. The molecule has 2 rings (SSSR count). The molecule has 0 aromatic rings. The van der Waals surface area contributed by atoms with E-state index in [4.69, 9.17) is 5.73 Å². The van der Waals surface area contributed by atoms with Crippen LogP contribution in [0.4, 0.5) is 0 Å². The number of hydrogen-bond acceptors (Lipinski definition) is 3. The van der Waals surface area contributed by atoms with Crippen molar-refractivity contribution in [2.75, 3.05) is 18.6 Å². The zero-order chi connectivity index (χ0) is 12.5. The van der Waals surface area contributed by atoms with E-state index in [1.54, 1.807) is 0 Å². The third kappa shape index (κ3) is 3.62. The predicted molar refractivity (Wildman–Crippen MR) is 77.5 cm³/mol. The summed E-state index contributed by atoms with van der Waals surface area (Å²) in [5, 5.41) is 0. The van der Waals surface area contributed by atoms with E-state index in [-0.39, 0.29) is 0 Å². The summed E-state index contributed by atoms with van der Waals surface area (Å²) >= 11 is 2.14. The van der Waals surface area contributed by atoms with Gasteiger partial charge in [-0.2, -0.15) is 11.8 Å². The van der Waals surface area contributed by atoms with E-state index < -0.39 is 0 Å². The van der Waals surface area contributed by atoms with Crippen LogP contribution in [0.15, 0.2) is 0 Å². The molecule has 0 amide bonds. The lowest BCUT2D eigenvalue weighted by molar-refractivity contribution is 0.112. The summed E-state index contributed by atoms with van der Waals surface area (Å²) in [5.41, 5.74) is 6.52. The SMILES string of the molecule is CN(C1CCC(N)CC1)C1CSCC(C)(C)C1. The van der Waals surface area contributed by atoms with Crippen LogP contribution in [0.2, 0.25) is 0 Å². The minimum absolute atomic E-state index is 0.469. The van der Waals surface area contributed by atoms with Crippen molar-refractivity contribution in [1.29, 1.82) is 0 Å². The highest BCUT2D eigenvalue weighted by Crippen LogP contribution is 2.37. The van der Waals surface area contributed by atoms with Crippen LogP contribution in [-0.4, -0.2) is 41.6 Å². The molecule has 1 saturated carbocycles. The molecule has 100 valence electrons. The van der Waals surface area contributed by atoms with Gasteiger partial charge < -0.3 is 5.73 Å². The van der Waals surface area contributed by atoms with Crippen LogP contribution in [0, 0.1) is 5.41 Å². The minimum Gasteiger partial charge on any atom is -0.328 e. The molecule has 0 bridgehead atoms. The summed E-state index contributed by atoms with van der Waals surface area (Å²) in [7, 11) is 2.34. The Morgan fingerprint density at radius 1 is 1.12 bits per heavy atom. The Labute approximate surface area is 111 Å². The van der Waals surface area contributed by atoms with E-state index in [1.807, 2.05) is 0 Å². The third-order valence-electron chi connectivity index (χ3n) is 4.48. The van der Waals surface area contributed by atoms with Crippen molar-refractivity contribution in [2.24, 2.45) is 11.1 Å². The first kappa shape index (κ1) is 13.7. The van der Waals surface area contributed by atoms with E-state index >= 15 is 0 Å². The second-order valence-corrected chi connectivity index (χ2v) is 7.80. The number of thioether (sulfide) groups is 1. The van der Waals surface area contributed by atoms with Gasteiger partial charge in [0.2, 0.25) is 0 Å². The van der Waals surface area contributed by atoms with Crippen molar-refractivity contribution >= 4 is 11.8 Å². The average molecular weight is 256 g/mol. The lowest BCUT2D eigenvalue weighted by Crippen LogP contribution is -2.48. The average Bonchev–Trinajstić information content (AvgIpc) is 2.28. The molecular weight excluding hydrogens is 228 g/mol. The maximum Gasteiger partial charge on any atom is 0.0191 e. The number of rotatable bonds is 2. The zero-order valence-corrected chi connectivity index (χ0v) is 12.4. The second-order valence-electron chi connectivity index (χ2n) is 6.77. The van der Waals surface area contributed by atoms with Crippen molar-refractivity contribution in [3.05, 3.63) is 0 Å². The Kier molecular flexibility index (Phi) is 4.43. The zero-order valence-electron chi connectivity index (χ0n) is 11.6. The molecule has 3 heteroatoms. The van der Waals surface area contributed by atoms with Crippen LogP contribution >= 0.6 is 11.8 Å². The molecule has 2 aliphatic rings. The molecule has 2 fully saturated rings. The molecule has 1 atom stereocenters. The van der Waals surface area contributed by atoms with E-state index in [9.17, 15) is 0 Å². The van der Waals surface area contributed by atoms with Gasteiger partial charge in [0.15, 0.2) is 0 Å².